The van der Waals surface area contributed by atoms with Gasteiger partial charge < -0.3 is 13.7 Å². The summed E-state index contributed by atoms with van der Waals surface area (Å²) in [5.41, 5.74) is 9.61. The lowest BCUT2D eigenvalue weighted by Gasteiger charge is -2.28. The van der Waals surface area contributed by atoms with Crippen molar-refractivity contribution < 1.29 is 8.83 Å². The summed E-state index contributed by atoms with van der Waals surface area (Å²) < 4.78 is 13.1. The smallest absolute Gasteiger partial charge is 0.228 e. The van der Waals surface area contributed by atoms with Crippen LogP contribution in [0, 0.1) is 0 Å². The maximum atomic E-state index is 6.60. The van der Waals surface area contributed by atoms with Crippen molar-refractivity contribution in [1.82, 2.24) is 4.98 Å². The summed E-state index contributed by atoms with van der Waals surface area (Å²) >= 11 is 0. The fourth-order valence-electron chi connectivity index (χ4n) is 7.26. The quantitative estimate of drug-likeness (QED) is 0.190. The molecule has 230 valence electrons. The first kappa shape index (κ1) is 27.5. The third kappa shape index (κ3) is 4.42. The van der Waals surface area contributed by atoms with Crippen molar-refractivity contribution in [2.24, 2.45) is 0 Å². The van der Waals surface area contributed by atoms with Crippen LogP contribution in [0.4, 0.5) is 17.1 Å². The van der Waals surface area contributed by atoms with Gasteiger partial charge in [0.05, 0.1) is 5.69 Å². The van der Waals surface area contributed by atoms with Crippen molar-refractivity contribution in [2.75, 3.05) is 4.90 Å². The Balaban J connectivity index is 1.16. The van der Waals surface area contributed by atoms with Crippen LogP contribution < -0.4 is 4.90 Å². The van der Waals surface area contributed by atoms with Crippen LogP contribution in [0.1, 0.15) is 0 Å². The van der Waals surface area contributed by atoms with Gasteiger partial charge in [-0.3, -0.25) is 0 Å². The van der Waals surface area contributed by atoms with Gasteiger partial charge in [0.1, 0.15) is 16.7 Å². The Morgan fingerprint density at radius 3 is 2.02 bits per heavy atom. The van der Waals surface area contributed by atoms with E-state index in [2.05, 4.69) is 144 Å². The van der Waals surface area contributed by atoms with Gasteiger partial charge in [0, 0.05) is 44.7 Å². The van der Waals surface area contributed by atoms with Gasteiger partial charge in [-0.2, -0.15) is 0 Å². The third-order valence-corrected chi connectivity index (χ3v) is 9.49. The zero-order chi connectivity index (χ0) is 32.3. The molecule has 4 nitrogen and oxygen atoms in total. The number of rotatable bonds is 5. The highest BCUT2D eigenvalue weighted by molar-refractivity contribution is 6.13. The number of anilines is 3. The first-order valence-electron chi connectivity index (χ1n) is 16.5. The van der Waals surface area contributed by atoms with E-state index in [1.54, 1.807) is 0 Å². The molecular formula is C45H28N2O2. The molecule has 0 saturated carbocycles. The second-order valence-electron chi connectivity index (χ2n) is 12.3. The first-order chi connectivity index (χ1) is 24.3. The van der Waals surface area contributed by atoms with E-state index < -0.39 is 0 Å². The molecule has 10 aromatic rings. The second kappa shape index (κ2) is 11.0. The molecule has 10 rings (SSSR count). The molecule has 2 heterocycles. The second-order valence-corrected chi connectivity index (χ2v) is 12.3. The van der Waals surface area contributed by atoms with E-state index in [1.165, 1.54) is 16.3 Å². The van der Waals surface area contributed by atoms with Gasteiger partial charge >= 0.3 is 0 Å². The Morgan fingerprint density at radius 1 is 0.429 bits per heavy atom. The molecule has 0 N–H and O–H groups in total. The lowest BCUT2D eigenvalue weighted by atomic mass is 9.96. The van der Waals surface area contributed by atoms with Crippen LogP contribution in [0.2, 0.25) is 0 Å². The summed E-state index contributed by atoms with van der Waals surface area (Å²) in [6.45, 7) is 0. The highest BCUT2D eigenvalue weighted by atomic mass is 16.3. The Kier molecular flexibility index (Phi) is 6.15. The van der Waals surface area contributed by atoms with Crippen LogP contribution >= 0.6 is 0 Å². The summed E-state index contributed by atoms with van der Waals surface area (Å²) in [5.74, 6) is 0.582. The SMILES string of the molecule is c1ccc(N(c2ccc3c(c2)oc2cccc(-c4nc5ccc6ccccc6c5o4)c23)c2ccccc2-c2cccc3ccccc23)cc1. The lowest BCUT2D eigenvalue weighted by Crippen LogP contribution is -2.11. The van der Waals surface area contributed by atoms with E-state index in [4.69, 9.17) is 13.8 Å². The summed E-state index contributed by atoms with van der Waals surface area (Å²) in [5, 5.41) is 6.62. The predicted molar refractivity (Wildman–Crippen MR) is 202 cm³/mol. The van der Waals surface area contributed by atoms with Crippen LogP contribution in [0.3, 0.4) is 0 Å². The normalized spacial score (nSPS) is 11.7. The first-order valence-corrected chi connectivity index (χ1v) is 16.5. The fourth-order valence-corrected chi connectivity index (χ4v) is 7.26. The summed E-state index contributed by atoms with van der Waals surface area (Å²) in [6.07, 6.45) is 0. The van der Waals surface area contributed by atoms with Crippen molar-refractivity contribution in [1.29, 1.82) is 0 Å². The maximum absolute atomic E-state index is 6.60. The Bertz CT molecular complexity index is 2840. The topological polar surface area (TPSA) is 42.4 Å². The monoisotopic (exact) mass is 628 g/mol. The molecule has 0 amide bonds. The van der Waals surface area contributed by atoms with Gasteiger partial charge in [-0.05, 0) is 70.3 Å². The highest BCUT2D eigenvalue weighted by Gasteiger charge is 2.21. The van der Waals surface area contributed by atoms with Crippen molar-refractivity contribution in [3.8, 4) is 22.6 Å². The van der Waals surface area contributed by atoms with Gasteiger partial charge in [0.15, 0.2) is 5.58 Å². The molecule has 0 radical (unpaired) electrons. The minimum absolute atomic E-state index is 0.582. The molecule has 0 aliphatic carbocycles. The van der Waals surface area contributed by atoms with Gasteiger partial charge in [-0.1, -0.05) is 115 Å². The molecular weight excluding hydrogens is 601 g/mol. The van der Waals surface area contributed by atoms with Crippen LogP contribution in [-0.2, 0) is 0 Å². The van der Waals surface area contributed by atoms with E-state index >= 15 is 0 Å². The number of fused-ring (bicyclic) bond motifs is 7. The molecule has 0 bridgehead atoms. The maximum Gasteiger partial charge on any atom is 0.228 e. The number of aromatic nitrogens is 1. The molecule has 0 saturated heterocycles. The zero-order valence-corrected chi connectivity index (χ0v) is 26.4. The van der Waals surface area contributed by atoms with Crippen molar-refractivity contribution in [3.63, 3.8) is 0 Å². The van der Waals surface area contributed by atoms with Crippen molar-refractivity contribution in [2.45, 2.75) is 0 Å². The third-order valence-electron chi connectivity index (χ3n) is 9.49. The fraction of sp³-hybridized carbons (Fsp3) is 0. The number of oxazole rings is 1. The van der Waals surface area contributed by atoms with E-state index in [-0.39, 0.29) is 0 Å². The molecule has 0 fully saturated rings. The van der Waals surface area contributed by atoms with E-state index in [1.807, 2.05) is 30.3 Å². The van der Waals surface area contributed by atoms with Crippen molar-refractivity contribution >= 4 is 71.6 Å². The largest absolute Gasteiger partial charge is 0.456 e. The van der Waals surface area contributed by atoms with Crippen LogP contribution in [-0.4, -0.2) is 4.98 Å². The molecule has 0 aliphatic heterocycles. The predicted octanol–water partition coefficient (Wildman–Crippen LogP) is 12.8. The number of benzene rings is 8. The average Bonchev–Trinajstić information content (AvgIpc) is 3.77. The zero-order valence-electron chi connectivity index (χ0n) is 26.4. The minimum Gasteiger partial charge on any atom is -0.456 e. The van der Waals surface area contributed by atoms with E-state index in [0.717, 1.165) is 72.0 Å². The number of hydrogen-bond donors (Lipinski definition) is 0. The average molecular weight is 629 g/mol. The summed E-state index contributed by atoms with van der Waals surface area (Å²) in [4.78, 5) is 7.25. The number of nitrogens with zero attached hydrogens (tertiary/aromatic N) is 2. The minimum atomic E-state index is 0.582. The molecule has 8 aromatic carbocycles. The molecule has 0 aliphatic rings. The number of furan rings is 1. The van der Waals surface area contributed by atoms with Gasteiger partial charge in [0.25, 0.3) is 0 Å². The van der Waals surface area contributed by atoms with E-state index in [9.17, 15) is 0 Å². The van der Waals surface area contributed by atoms with Crippen LogP contribution in [0.5, 0.6) is 0 Å². The van der Waals surface area contributed by atoms with Crippen LogP contribution in [0.15, 0.2) is 179 Å². The van der Waals surface area contributed by atoms with E-state index in [0.29, 0.717) is 5.89 Å². The Morgan fingerprint density at radius 2 is 1.12 bits per heavy atom. The standard InChI is InChI=1S/C45H28N2O2/c1-2-15-31(16-3-1)47(40-22-9-8-19-36(40)35-20-10-14-29-12-4-6-17-33(29)35)32-25-26-37-42(28-32)48-41-23-11-21-38(43(37)41)45-46-39-27-24-30-13-5-7-18-34(30)44(39)49-45/h1-28H. The molecule has 0 spiro atoms. The number of hydrogen-bond acceptors (Lipinski definition) is 4. The highest BCUT2D eigenvalue weighted by Crippen LogP contribution is 2.45. The van der Waals surface area contributed by atoms with Crippen molar-refractivity contribution in [3.05, 3.63) is 170 Å². The Hall–Kier alpha value is -6.65. The van der Waals surface area contributed by atoms with Gasteiger partial charge in [0.2, 0.25) is 5.89 Å². The summed E-state index contributed by atoms with van der Waals surface area (Å²) in [6, 6.07) is 59.2. The lowest BCUT2D eigenvalue weighted by molar-refractivity contribution is 0.623. The molecule has 0 atom stereocenters. The number of para-hydroxylation sites is 2. The Labute approximate surface area is 282 Å². The van der Waals surface area contributed by atoms with Gasteiger partial charge in [-0.25, -0.2) is 4.98 Å². The molecule has 49 heavy (non-hydrogen) atoms. The molecule has 0 unspecified atom stereocenters. The van der Waals surface area contributed by atoms with Crippen LogP contribution in [0.25, 0.3) is 77.2 Å². The van der Waals surface area contributed by atoms with Gasteiger partial charge in [-0.15, -0.1) is 0 Å². The summed E-state index contributed by atoms with van der Waals surface area (Å²) in [7, 11) is 0. The molecule has 2 aromatic heterocycles. The molecule has 4 heteroatoms.